The van der Waals surface area contributed by atoms with Crippen molar-refractivity contribution < 1.29 is 14.3 Å². The molecule has 7 heteroatoms. The smallest absolute Gasteiger partial charge is 0.266 e. The van der Waals surface area contributed by atoms with E-state index in [1.165, 1.54) is 11.8 Å². The molecular weight excluding hydrogens is 348 g/mol. The summed E-state index contributed by atoms with van der Waals surface area (Å²) in [6.07, 6.45) is 1.78. The van der Waals surface area contributed by atoms with Crippen LogP contribution < -0.4 is 9.47 Å². The molecule has 0 radical (unpaired) electrons. The molecule has 2 rings (SSSR count). The van der Waals surface area contributed by atoms with Gasteiger partial charge in [0.25, 0.3) is 5.91 Å². The molecule has 1 aromatic rings. The normalized spacial score (nSPS) is 17.9. The van der Waals surface area contributed by atoms with Crippen LogP contribution in [0.2, 0.25) is 5.02 Å². The molecule has 1 heterocycles. The number of amides is 1. The Morgan fingerprint density at radius 2 is 2.04 bits per heavy atom. The number of carbonyl (C=O) groups excluding carboxylic acids is 1. The number of ether oxygens (including phenoxy) is 2. The quantitative estimate of drug-likeness (QED) is 0.710. The SMILES string of the molecule is CCN=C1S/C(=C/c2cc(OCC)c(OC)cc2Cl)C(=O)N1CC. The van der Waals surface area contributed by atoms with Crippen molar-refractivity contribution in [1.82, 2.24) is 4.90 Å². The Hall–Kier alpha value is -1.66. The first-order chi connectivity index (χ1) is 11.5. The predicted octanol–water partition coefficient (Wildman–Crippen LogP) is 4.06. The fraction of sp³-hybridized carbons (Fsp3) is 0.412. The monoisotopic (exact) mass is 368 g/mol. The van der Waals surface area contributed by atoms with Gasteiger partial charge in [-0.1, -0.05) is 11.6 Å². The molecule has 1 amide bonds. The minimum absolute atomic E-state index is 0.0560. The highest BCUT2D eigenvalue weighted by atomic mass is 35.5. The molecule has 1 aliphatic heterocycles. The number of methoxy groups -OCH3 is 1. The molecule has 0 atom stereocenters. The summed E-state index contributed by atoms with van der Waals surface area (Å²) >= 11 is 7.70. The number of hydrogen-bond donors (Lipinski definition) is 0. The molecule has 24 heavy (non-hydrogen) atoms. The molecule has 1 aliphatic rings. The van der Waals surface area contributed by atoms with Gasteiger partial charge in [0, 0.05) is 19.2 Å². The number of amidine groups is 1. The first-order valence-electron chi connectivity index (χ1n) is 7.81. The van der Waals surface area contributed by atoms with Gasteiger partial charge in [-0.05, 0) is 50.2 Å². The highest BCUT2D eigenvalue weighted by Crippen LogP contribution is 2.37. The number of carbonyl (C=O) groups is 1. The van der Waals surface area contributed by atoms with E-state index in [9.17, 15) is 4.79 Å². The Morgan fingerprint density at radius 1 is 1.29 bits per heavy atom. The second-order valence-corrected chi connectivity index (χ2v) is 6.29. The molecule has 0 aromatic heterocycles. The fourth-order valence-electron chi connectivity index (χ4n) is 2.27. The Morgan fingerprint density at radius 3 is 2.62 bits per heavy atom. The molecule has 0 aliphatic carbocycles. The Kier molecular flexibility index (Phi) is 6.57. The van der Waals surface area contributed by atoms with Gasteiger partial charge in [0.2, 0.25) is 0 Å². The molecule has 0 N–H and O–H groups in total. The number of halogens is 1. The van der Waals surface area contributed by atoms with Crippen LogP contribution in [0.15, 0.2) is 22.0 Å². The molecule has 0 saturated carbocycles. The third-order valence-corrected chi connectivity index (χ3v) is 4.74. The number of thioether (sulfide) groups is 1. The van der Waals surface area contributed by atoms with Gasteiger partial charge in [0.1, 0.15) is 0 Å². The number of nitrogens with zero attached hydrogens (tertiary/aromatic N) is 2. The van der Waals surface area contributed by atoms with Crippen LogP contribution in [0.3, 0.4) is 0 Å². The van der Waals surface area contributed by atoms with Gasteiger partial charge in [-0.2, -0.15) is 0 Å². The van der Waals surface area contributed by atoms with Crippen molar-refractivity contribution in [2.75, 3.05) is 26.8 Å². The second kappa shape index (κ2) is 8.44. The maximum atomic E-state index is 12.5. The second-order valence-electron chi connectivity index (χ2n) is 4.87. The van der Waals surface area contributed by atoms with E-state index in [1.807, 2.05) is 20.8 Å². The fourth-order valence-corrected chi connectivity index (χ4v) is 3.57. The van der Waals surface area contributed by atoms with Crippen LogP contribution in [0.25, 0.3) is 6.08 Å². The zero-order chi connectivity index (χ0) is 17.7. The number of rotatable bonds is 6. The highest BCUT2D eigenvalue weighted by molar-refractivity contribution is 8.18. The van der Waals surface area contributed by atoms with Gasteiger partial charge in [-0.3, -0.25) is 14.7 Å². The summed E-state index contributed by atoms with van der Waals surface area (Å²) in [6, 6.07) is 3.48. The van der Waals surface area contributed by atoms with Crippen molar-refractivity contribution in [3.8, 4) is 11.5 Å². The van der Waals surface area contributed by atoms with E-state index in [2.05, 4.69) is 4.99 Å². The zero-order valence-electron chi connectivity index (χ0n) is 14.3. The number of hydrogen-bond acceptors (Lipinski definition) is 5. The molecule has 1 aromatic carbocycles. The maximum absolute atomic E-state index is 12.5. The van der Waals surface area contributed by atoms with Gasteiger partial charge >= 0.3 is 0 Å². The van der Waals surface area contributed by atoms with Gasteiger partial charge in [0.05, 0.1) is 23.6 Å². The Labute approximate surface area is 151 Å². The largest absolute Gasteiger partial charge is 0.493 e. The third-order valence-electron chi connectivity index (χ3n) is 3.37. The number of aliphatic imine (C=N–C) groups is 1. The predicted molar refractivity (Wildman–Crippen MR) is 100 cm³/mol. The van der Waals surface area contributed by atoms with E-state index in [0.29, 0.717) is 46.7 Å². The highest BCUT2D eigenvalue weighted by Gasteiger charge is 2.32. The Bertz CT molecular complexity index is 689. The van der Waals surface area contributed by atoms with Crippen LogP contribution >= 0.6 is 23.4 Å². The van der Waals surface area contributed by atoms with E-state index in [4.69, 9.17) is 21.1 Å². The first-order valence-corrected chi connectivity index (χ1v) is 9.01. The van der Waals surface area contributed by atoms with Crippen molar-refractivity contribution in [2.24, 2.45) is 4.99 Å². The molecule has 0 spiro atoms. The van der Waals surface area contributed by atoms with Crippen molar-refractivity contribution in [2.45, 2.75) is 20.8 Å². The van der Waals surface area contributed by atoms with Crippen LogP contribution in [0.5, 0.6) is 11.5 Å². The summed E-state index contributed by atoms with van der Waals surface area (Å²) in [5.41, 5.74) is 0.713. The van der Waals surface area contributed by atoms with Crippen molar-refractivity contribution in [3.05, 3.63) is 27.6 Å². The molecule has 130 valence electrons. The van der Waals surface area contributed by atoms with Gasteiger partial charge in [0.15, 0.2) is 16.7 Å². The van der Waals surface area contributed by atoms with Crippen LogP contribution in [0, 0.1) is 0 Å². The van der Waals surface area contributed by atoms with Crippen molar-refractivity contribution in [1.29, 1.82) is 0 Å². The Balaban J connectivity index is 2.42. The summed E-state index contributed by atoms with van der Waals surface area (Å²) in [4.78, 5) is 19.2. The number of benzene rings is 1. The van der Waals surface area contributed by atoms with Crippen molar-refractivity contribution >= 4 is 40.5 Å². The zero-order valence-corrected chi connectivity index (χ0v) is 15.8. The summed E-state index contributed by atoms with van der Waals surface area (Å²) in [5.74, 6) is 1.11. The molecular formula is C17H21ClN2O3S. The lowest BCUT2D eigenvalue weighted by molar-refractivity contribution is -0.122. The topological polar surface area (TPSA) is 51.1 Å². The van der Waals surface area contributed by atoms with Crippen LogP contribution in [0.1, 0.15) is 26.3 Å². The molecule has 1 saturated heterocycles. The van der Waals surface area contributed by atoms with E-state index in [0.717, 1.165) is 5.17 Å². The maximum Gasteiger partial charge on any atom is 0.266 e. The van der Waals surface area contributed by atoms with Crippen LogP contribution in [-0.4, -0.2) is 42.8 Å². The number of likely N-dealkylation sites (N-methyl/N-ethyl adjacent to an activating group) is 1. The average Bonchev–Trinajstić information content (AvgIpc) is 2.86. The van der Waals surface area contributed by atoms with E-state index < -0.39 is 0 Å². The average molecular weight is 369 g/mol. The van der Waals surface area contributed by atoms with Gasteiger partial charge in [-0.25, -0.2) is 0 Å². The van der Waals surface area contributed by atoms with E-state index >= 15 is 0 Å². The molecule has 0 bridgehead atoms. The van der Waals surface area contributed by atoms with E-state index in [1.54, 1.807) is 30.2 Å². The van der Waals surface area contributed by atoms with Crippen molar-refractivity contribution in [3.63, 3.8) is 0 Å². The van der Waals surface area contributed by atoms with Crippen LogP contribution in [0.4, 0.5) is 0 Å². The standard InChI is InChI=1S/C17H21ClN2O3S/c1-5-19-17-20(6-2)16(21)15(24-17)9-11-8-14(23-7-3)13(22-4)10-12(11)18/h8-10H,5-7H2,1-4H3/b15-9+,19-17?. The molecule has 5 nitrogen and oxygen atoms in total. The van der Waals surface area contributed by atoms with Crippen LogP contribution in [-0.2, 0) is 4.79 Å². The lowest BCUT2D eigenvalue weighted by Crippen LogP contribution is -2.28. The van der Waals surface area contributed by atoms with Gasteiger partial charge < -0.3 is 9.47 Å². The third kappa shape index (κ3) is 3.87. The summed E-state index contributed by atoms with van der Waals surface area (Å²) in [7, 11) is 1.56. The van der Waals surface area contributed by atoms with E-state index in [-0.39, 0.29) is 5.91 Å². The minimum Gasteiger partial charge on any atom is -0.493 e. The summed E-state index contributed by atoms with van der Waals surface area (Å²) < 4.78 is 10.9. The van der Waals surface area contributed by atoms with Gasteiger partial charge in [-0.15, -0.1) is 0 Å². The minimum atomic E-state index is -0.0560. The summed E-state index contributed by atoms with van der Waals surface area (Å²) in [6.45, 7) is 7.51. The summed E-state index contributed by atoms with van der Waals surface area (Å²) in [5, 5.41) is 1.23. The first kappa shape index (κ1) is 18.7. The lowest BCUT2D eigenvalue weighted by Gasteiger charge is -2.12. The lowest BCUT2D eigenvalue weighted by atomic mass is 10.1. The molecule has 1 fully saturated rings. The molecule has 0 unspecified atom stereocenters.